The molecule has 0 amide bonds. The largest absolute Gasteiger partial charge is 0.351 e. The maximum absolute atomic E-state index is 12.0. The van der Waals surface area contributed by atoms with Gasteiger partial charge in [0.25, 0.3) is 11.3 Å². The lowest BCUT2D eigenvalue weighted by Gasteiger charge is -2.03. The van der Waals surface area contributed by atoms with Crippen LogP contribution in [0.25, 0.3) is 5.78 Å². The summed E-state index contributed by atoms with van der Waals surface area (Å²) in [6.07, 6.45) is 1.73. The predicted octanol–water partition coefficient (Wildman–Crippen LogP) is 2.29. The van der Waals surface area contributed by atoms with E-state index >= 15 is 0 Å². The first kappa shape index (κ1) is 14.3. The third kappa shape index (κ3) is 3.00. The number of fused-ring (bicyclic) bond motifs is 1. The fourth-order valence-electron chi connectivity index (χ4n) is 2.40. The summed E-state index contributed by atoms with van der Waals surface area (Å²) < 4.78 is 1.36. The summed E-state index contributed by atoms with van der Waals surface area (Å²) in [5, 5.41) is 6.13. The molecule has 3 rings (SSSR count). The second kappa shape index (κ2) is 6.01. The minimum atomic E-state index is -0.135. The van der Waals surface area contributed by atoms with Crippen molar-refractivity contribution in [1.29, 1.82) is 0 Å². The van der Waals surface area contributed by atoms with Crippen LogP contribution in [0.4, 0.5) is 5.95 Å². The smallest absolute Gasteiger partial charge is 0.274 e. The molecule has 0 aliphatic rings. The fraction of sp³-hybridized carbons (Fsp3) is 0.312. The van der Waals surface area contributed by atoms with Crippen molar-refractivity contribution in [2.24, 2.45) is 0 Å². The Labute approximate surface area is 128 Å². The number of nitrogens with zero attached hydrogens (tertiary/aromatic N) is 3. The molecule has 0 aliphatic carbocycles. The minimum Gasteiger partial charge on any atom is -0.351 e. The molecule has 0 fully saturated rings. The van der Waals surface area contributed by atoms with E-state index in [1.807, 2.05) is 12.1 Å². The van der Waals surface area contributed by atoms with Gasteiger partial charge in [0.2, 0.25) is 5.95 Å². The molecule has 2 aromatic heterocycles. The van der Waals surface area contributed by atoms with E-state index in [9.17, 15) is 4.79 Å². The van der Waals surface area contributed by atoms with E-state index in [4.69, 9.17) is 0 Å². The summed E-state index contributed by atoms with van der Waals surface area (Å²) >= 11 is 0. The van der Waals surface area contributed by atoms with Crippen molar-refractivity contribution in [2.45, 2.75) is 33.2 Å². The van der Waals surface area contributed by atoms with Gasteiger partial charge in [-0.15, -0.1) is 0 Å². The maximum atomic E-state index is 12.0. The second-order valence-corrected chi connectivity index (χ2v) is 5.39. The van der Waals surface area contributed by atoms with E-state index in [1.165, 1.54) is 10.1 Å². The topological polar surface area (TPSA) is 75.1 Å². The third-order valence-corrected chi connectivity index (χ3v) is 3.43. The molecule has 0 radical (unpaired) electrons. The number of aromatic amines is 1. The van der Waals surface area contributed by atoms with Gasteiger partial charge in [-0.25, -0.2) is 4.98 Å². The molecule has 0 aliphatic heterocycles. The Morgan fingerprint density at radius 2 is 2.14 bits per heavy atom. The molecule has 2 heterocycles. The highest BCUT2D eigenvalue weighted by Gasteiger charge is 2.07. The summed E-state index contributed by atoms with van der Waals surface area (Å²) in [5.74, 6) is 0.947. The SMILES string of the molecule is CCCc1cc(=O)n2[nH]c(NCc3cccc(C)c3)nc2n1. The van der Waals surface area contributed by atoms with Crippen LogP contribution in [0.3, 0.4) is 0 Å². The highest BCUT2D eigenvalue weighted by Crippen LogP contribution is 2.08. The Morgan fingerprint density at radius 3 is 2.91 bits per heavy atom. The van der Waals surface area contributed by atoms with Gasteiger partial charge in [0.1, 0.15) is 0 Å². The average Bonchev–Trinajstić information content (AvgIpc) is 2.89. The van der Waals surface area contributed by atoms with Crippen molar-refractivity contribution >= 4 is 11.7 Å². The lowest BCUT2D eigenvalue weighted by Crippen LogP contribution is -2.15. The molecule has 6 heteroatoms. The number of aryl methyl sites for hydroxylation is 2. The monoisotopic (exact) mass is 297 g/mol. The third-order valence-electron chi connectivity index (χ3n) is 3.43. The van der Waals surface area contributed by atoms with Gasteiger partial charge in [0.05, 0.1) is 5.69 Å². The first-order valence-corrected chi connectivity index (χ1v) is 7.44. The van der Waals surface area contributed by atoms with E-state index < -0.39 is 0 Å². The number of aromatic nitrogens is 4. The molecule has 0 bridgehead atoms. The first-order valence-electron chi connectivity index (χ1n) is 7.44. The highest BCUT2D eigenvalue weighted by molar-refractivity contribution is 5.38. The molecule has 22 heavy (non-hydrogen) atoms. The molecule has 114 valence electrons. The molecule has 0 atom stereocenters. The normalized spacial score (nSPS) is 11.0. The number of hydrogen-bond donors (Lipinski definition) is 2. The zero-order chi connectivity index (χ0) is 15.5. The van der Waals surface area contributed by atoms with Gasteiger partial charge in [0.15, 0.2) is 0 Å². The van der Waals surface area contributed by atoms with Gasteiger partial charge in [-0.2, -0.15) is 9.50 Å². The van der Waals surface area contributed by atoms with Crippen LogP contribution in [0.15, 0.2) is 35.1 Å². The molecule has 2 N–H and O–H groups in total. The van der Waals surface area contributed by atoms with Crippen LogP contribution in [0, 0.1) is 6.92 Å². The average molecular weight is 297 g/mol. The van der Waals surface area contributed by atoms with E-state index in [-0.39, 0.29) is 5.56 Å². The summed E-state index contributed by atoms with van der Waals surface area (Å²) in [7, 11) is 0. The van der Waals surface area contributed by atoms with Crippen LogP contribution in [-0.4, -0.2) is 19.6 Å². The summed E-state index contributed by atoms with van der Waals surface area (Å²) in [6, 6.07) is 9.79. The molecule has 3 aromatic rings. The fourth-order valence-corrected chi connectivity index (χ4v) is 2.40. The molecule has 6 nitrogen and oxygen atoms in total. The van der Waals surface area contributed by atoms with Gasteiger partial charge < -0.3 is 5.32 Å². The van der Waals surface area contributed by atoms with Crippen molar-refractivity contribution in [1.82, 2.24) is 19.6 Å². The number of hydrogen-bond acceptors (Lipinski definition) is 4. The van der Waals surface area contributed by atoms with E-state index in [1.54, 1.807) is 6.07 Å². The van der Waals surface area contributed by atoms with Crippen LogP contribution in [0.1, 0.15) is 30.2 Å². The number of nitrogens with one attached hydrogen (secondary N) is 2. The zero-order valence-electron chi connectivity index (χ0n) is 12.8. The van der Waals surface area contributed by atoms with Crippen LogP contribution in [0.5, 0.6) is 0 Å². The maximum Gasteiger partial charge on any atom is 0.274 e. The molecule has 0 saturated heterocycles. The van der Waals surface area contributed by atoms with Crippen LogP contribution >= 0.6 is 0 Å². The van der Waals surface area contributed by atoms with Gasteiger partial charge >= 0.3 is 0 Å². The lowest BCUT2D eigenvalue weighted by atomic mass is 10.1. The molecule has 0 unspecified atom stereocenters. The van der Waals surface area contributed by atoms with Crippen LogP contribution in [-0.2, 0) is 13.0 Å². The van der Waals surface area contributed by atoms with Crippen molar-refractivity contribution in [2.75, 3.05) is 5.32 Å². The summed E-state index contributed by atoms with van der Waals surface area (Å²) in [4.78, 5) is 20.8. The molecule has 1 aromatic carbocycles. The van der Waals surface area contributed by atoms with Crippen molar-refractivity contribution < 1.29 is 0 Å². The number of benzene rings is 1. The van der Waals surface area contributed by atoms with Gasteiger partial charge in [-0.3, -0.25) is 9.89 Å². The number of H-pyrrole nitrogens is 1. The molecular weight excluding hydrogens is 278 g/mol. The summed E-state index contributed by atoms with van der Waals surface area (Å²) in [6.45, 7) is 4.75. The standard InChI is InChI=1S/C16H19N5O/c1-3-5-13-9-14(22)21-16(18-13)19-15(20-21)17-10-12-7-4-6-11(2)8-12/h4,6-9H,3,5,10H2,1-2H3,(H2,17,18,19,20). The van der Waals surface area contributed by atoms with E-state index in [2.05, 4.69) is 46.4 Å². The molecule has 0 saturated carbocycles. The van der Waals surface area contributed by atoms with Crippen molar-refractivity contribution in [3.05, 3.63) is 57.5 Å². The van der Waals surface area contributed by atoms with E-state index in [0.717, 1.165) is 24.1 Å². The van der Waals surface area contributed by atoms with Gasteiger partial charge in [-0.05, 0) is 18.9 Å². The summed E-state index contributed by atoms with van der Waals surface area (Å²) in [5.41, 5.74) is 3.02. The lowest BCUT2D eigenvalue weighted by molar-refractivity contribution is 0.837. The number of rotatable bonds is 5. The highest BCUT2D eigenvalue weighted by atomic mass is 16.1. The Bertz CT molecular complexity index is 849. The quantitative estimate of drug-likeness (QED) is 0.757. The predicted molar refractivity (Wildman–Crippen MR) is 86.1 cm³/mol. The molecule has 0 spiro atoms. The molecular formula is C16H19N5O. The Kier molecular flexibility index (Phi) is 3.91. The zero-order valence-corrected chi connectivity index (χ0v) is 12.8. The first-order chi connectivity index (χ1) is 10.7. The Morgan fingerprint density at radius 1 is 1.27 bits per heavy atom. The van der Waals surface area contributed by atoms with Gasteiger partial charge in [0, 0.05) is 12.6 Å². The number of anilines is 1. The minimum absolute atomic E-state index is 0.135. The van der Waals surface area contributed by atoms with Crippen LogP contribution < -0.4 is 10.9 Å². The van der Waals surface area contributed by atoms with E-state index in [0.29, 0.717) is 18.3 Å². The Hall–Kier alpha value is -2.63. The Balaban J connectivity index is 1.83. The van der Waals surface area contributed by atoms with Crippen molar-refractivity contribution in [3.8, 4) is 0 Å². The van der Waals surface area contributed by atoms with Crippen LogP contribution in [0.2, 0.25) is 0 Å². The van der Waals surface area contributed by atoms with Gasteiger partial charge in [-0.1, -0.05) is 43.2 Å². The van der Waals surface area contributed by atoms with Crippen molar-refractivity contribution in [3.63, 3.8) is 0 Å². The second-order valence-electron chi connectivity index (χ2n) is 5.39.